The third-order valence-electron chi connectivity index (χ3n) is 4.95. The van der Waals surface area contributed by atoms with Crippen molar-refractivity contribution in [2.24, 2.45) is 7.05 Å². The first-order valence-corrected chi connectivity index (χ1v) is 12.2. The molecule has 0 fully saturated rings. The molecule has 3 aromatic rings. The Balaban J connectivity index is 1.47. The number of nitrogens with zero attached hydrogens (tertiary/aromatic N) is 3. The zero-order valence-electron chi connectivity index (χ0n) is 20.6. The van der Waals surface area contributed by atoms with Gasteiger partial charge in [0.1, 0.15) is 5.75 Å². The van der Waals surface area contributed by atoms with Crippen LogP contribution in [0.4, 0.5) is 5.69 Å². The van der Waals surface area contributed by atoms with E-state index in [0.29, 0.717) is 22.2 Å². The van der Waals surface area contributed by atoms with E-state index in [1.54, 1.807) is 56.8 Å². The number of carbonyl (C=O) groups is 3. The maximum Gasteiger partial charge on any atom is 0.338 e. The van der Waals surface area contributed by atoms with Gasteiger partial charge in [-0.15, -0.1) is 10.2 Å². The summed E-state index contributed by atoms with van der Waals surface area (Å²) < 4.78 is 12.0. The van der Waals surface area contributed by atoms with Crippen LogP contribution in [0.5, 0.6) is 5.75 Å². The van der Waals surface area contributed by atoms with E-state index >= 15 is 0 Å². The molecule has 190 valence electrons. The molecule has 0 atom stereocenters. The van der Waals surface area contributed by atoms with Gasteiger partial charge in [-0.1, -0.05) is 30.0 Å². The summed E-state index contributed by atoms with van der Waals surface area (Å²) in [6.07, 6.45) is 0.00487. The molecular weight excluding hydrogens is 482 g/mol. The second-order valence-electron chi connectivity index (χ2n) is 8.13. The Morgan fingerprint density at radius 3 is 2.50 bits per heavy atom. The topological polar surface area (TPSA) is 124 Å². The lowest BCUT2D eigenvalue weighted by Crippen LogP contribution is -2.26. The van der Waals surface area contributed by atoms with E-state index in [1.807, 2.05) is 24.3 Å². The van der Waals surface area contributed by atoms with E-state index in [1.165, 1.54) is 11.8 Å². The van der Waals surface area contributed by atoms with Gasteiger partial charge in [0.05, 0.1) is 37.5 Å². The van der Waals surface area contributed by atoms with Crippen LogP contribution in [0.3, 0.4) is 0 Å². The van der Waals surface area contributed by atoms with Gasteiger partial charge in [0.25, 0.3) is 0 Å². The molecule has 1 aromatic heterocycles. The second kappa shape index (κ2) is 12.7. The Morgan fingerprint density at radius 1 is 1.06 bits per heavy atom. The molecule has 11 heteroatoms. The quantitative estimate of drug-likeness (QED) is 0.297. The average molecular weight is 512 g/mol. The standard InChI is InChI=1S/C25H29N5O5S/c1-16(2)35-24(33)18-6-5-7-19(13-18)27-23(32)15-36-25-29-28-21(30(25)3)14-26-22(31)12-17-8-10-20(34-4)11-9-17/h5-11,13,16H,12,14-15H2,1-4H3,(H,26,31)(H,27,32). The van der Waals surface area contributed by atoms with E-state index in [4.69, 9.17) is 9.47 Å². The first kappa shape index (κ1) is 26.7. The summed E-state index contributed by atoms with van der Waals surface area (Å²) in [4.78, 5) is 36.8. The number of carbonyl (C=O) groups excluding carboxylic acids is 3. The Morgan fingerprint density at radius 2 is 1.81 bits per heavy atom. The molecule has 10 nitrogen and oxygen atoms in total. The van der Waals surface area contributed by atoms with Crippen LogP contribution in [0, 0.1) is 0 Å². The number of anilines is 1. The van der Waals surface area contributed by atoms with Crippen LogP contribution >= 0.6 is 11.8 Å². The van der Waals surface area contributed by atoms with Crippen LogP contribution in [-0.2, 0) is 34.3 Å². The van der Waals surface area contributed by atoms with Gasteiger partial charge >= 0.3 is 5.97 Å². The Hall–Kier alpha value is -3.86. The van der Waals surface area contributed by atoms with Crippen LogP contribution in [-0.4, -0.2) is 51.5 Å². The number of nitrogens with one attached hydrogen (secondary N) is 2. The summed E-state index contributed by atoms with van der Waals surface area (Å²) in [6, 6.07) is 13.9. The third-order valence-corrected chi connectivity index (χ3v) is 5.97. The number of hydrogen-bond donors (Lipinski definition) is 2. The van der Waals surface area contributed by atoms with Crippen molar-refractivity contribution >= 4 is 35.2 Å². The smallest absolute Gasteiger partial charge is 0.338 e. The fraction of sp³-hybridized carbons (Fsp3) is 0.320. The summed E-state index contributed by atoms with van der Waals surface area (Å²) in [7, 11) is 3.36. The Bertz CT molecular complexity index is 1210. The van der Waals surface area contributed by atoms with Crippen LogP contribution in [0.25, 0.3) is 0 Å². The summed E-state index contributed by atoms with van der Waals surface area (Å²) in [5, 5.41) is 14.4. The van der Waals surface area contributed by atoms with Crippen molar-refractivity contribution in [1.29, 1.82) is 0 Å². The van der Waals surface area contributed by atoms with E-state index < -0.39 is 5.97 Å². The lowest BCUT2D eigenvalue weighted by Gasteiger charge is -2.10. The summed E-state index contributed by atoms with van der Waals surface area (Å²) >= 11 is 1.22. The third kappa shape index (κ3) is 7.84. The fourth-order valence-electron chi connectivity index (χ4n) is 3.13. The van der Waals surface area contributed by atoms with Gasteiger partial charge in [-0.05, 0) is 49.7 Å². The zero-order chi connectivity index (χ0) is 26.1. The molecule has 0 saturated heterocycles. The molecule has 0 radical (unpaired) electrons. The number of amides is 2. The van der Waals surface area contributed by atoms with Crippen molar-refractivity contribution in [1.82, 2.24) is 20.1 Å². The molecular formula is C25H29N5O5S. The number of methoxy groups -OCH3 is 1. The monoisotopic (exact) mass is 511 g/mol. The van der Waals surface area contributed by atoms with Gasteiger partial charge in [0.2, 0.25) is 11.8 Å². The molecule has 0 aliphatic heterocycles. The van der Waals surface area contributed by atoms with Crippen molar-refractivity contribution in [2.75, 3.05) is 18.2 Å². The summed E-state index contributed by atoms with van der Waals surface area (Å²) in [5.41, 5.74) is 1.73. The maximum absolute atomic E-state index is 12.4. The molecule has 2 amide bonds. The number of aromatic nitrogens is 3. The highest BCUT2D eigenvalue weighted by atomic mass is 32.2. The Kier molecular flexibility index (Phi) is 9.46. The first-order valence-electron chi connectivity index (χ1n) is 11.3. The SMILES string of the molecule is COc1ccc(CC(=O)NCc2nnc(SCC(=O)Nc3cccc(C(=O)OC(C)C)c3)n2C)cc1. The number of esters is 1. The molecule has 3 rings (SSSR count). The molecule has 2 N–H and O–H groups in total. The van der Waals surface area contributed by atoms with Gasteiger partial charge < -0.3 is 24.7 Å². The van der Waals surface area contributed by atoms with Crippen LogP contribution < -0.4 is 15.4 Å². The van der Waals surface area contributed by atoms with E-state index in [2.05, 4.69) is 20.8 Å². The summed E-state index contributed by atoms with van der Waals surface area (Å²) in [5.74, 6) is 0.548. The number of benzene rings is 2. The maximum atomic E-state index is 12.4. The number of rotatable bonds is 11. The molecule has 0 spiro atoms. The van der Waals surface area contributed by atoms with Gasteiger partial charge in [0.15, 0.2) is 11.0 Å². The molecule has 0 saturated carbocycles. The second-order valence-corrected chi connectivity index (χ2v) is 9.07. The predicted octanol–water partition coefficient (Wildman–Crippen LogP) is 2.98. The molecule has 0 unspecified atom stereocenters. The molecule has 0 bridgehead atoms. The van der Waals surface area contributed by atoms with E-state index in [0.717, 1.165) is 11.3 Å². The van der Waals surface area contributed by atoms with Crippen molar-refractivity contribution in [3.63, 3.8) is 0 Å². The molecule has 0 aliphatic rings. The molecule has 2 aromatic carbocycles. The minimum atomic E-state index is -0.446. The van der Waals surface area contributed by atoms with Gasteiger partial charge in [-0.25, -0.2) is 4.79 Å². The van der Waals surface area contributed by atoms with Crippen molar-refractivity contribution < 1.29 is 23.9 Å². The Labute approximate surface area is 213 Å². The minimum absolute atomic E-state index is 0.0937. The number of thioether (sulfide) groups is 1. The fourth-order valence-corrected chi connectivity index (χ4v) is 3.86. The van der Waals surface area contributed by atoms with Gasteiger partial charge in [-0.2, -0.15) is 0 Å². The first-order chi connectivity index (χ1) is 17.2. The number of hydrogen-bond acceptors (Lipinski definition) is 8. The normalized spacial score (nSPS) is 10.7. The average Bonchev–Trinajstić information content (AvgIpc) is 3.20. The molecule has 36 heavy (non-hydrogen) atoms. The predicted molar refractivity (Wildman–Crippen MR) is 136 cm³/mol. The highest BCUT2D eigenvalue weighted by Gasteiger charge is 2.14. The van der Waals surface area contributed by atoms with Crippen LogP contribution in [0.2, 0.25) is 0 Å². The van der Waals surface area contributed by atoms with Crippen LogP contribution in [0.15, 0.2) is 53.7 Å². The molecule has 1 heterocycles. The molecule has 0 aliphatic carbocycles. The van der Waals surface area contributed by atoms with Crippen molar-refractivity contribution in [3.8, 4) is 5.75 Å². The van der Waals surface area contributed by atoms with E-state index in [9.17, 15) is 14.4 Å². The zero-order valence-corrected chi connectivity index (χ0v) is 21.4. The lowest BCUT2D eigenvalue weighted by atomic mass is 10.1. The minimum Gasteiger partial charge on any atom is -0.497 e. The van der Waals surface area contributed by atoms with Gasteiger partial charge in [0, 0.05) is 12.7 Å². The van der Waals surface area contributed by atoms with Crippen molar-refractivity contribution in [3.05, 3.63) is 65.5 Å². The lowest BCUT2D eigenvalue weighted by molar-refractivity contribution is -0.120. The van der Waals surface area contributed by atoms with Gasteiger partial charge in [-0.3, -0.25) is 9.59 Å². The number of ether oxygens (including phenoxy) is 2. The van der Waals surface area contributed by atoms with Crippen LogP contribution in [0.1, 0.15) is 35.6 Å². The summed E-state index contributed by atoms with van der Waals surface area (Å²) in [6.45, 7) is 3.76. The van der Waals surface area contributed by atoms with Crippen molar-refractivity contribution in [2.45, 2.75) is 38.1 Å². The largest absolute Gasteiger partial charge is 0.497 e. The highest BCUT2D eigenvalue weighted by Crippen LogP contribution is 2.18. The van der Waals surface area contributed by atoms with E-state index in [-0.39, 0.29) is 36.6 Å². The highest BCUT2D eigenvalue weighted by molar-refractivity contribution is 7.99.